The van der Waals surface area contributed by atoms with E-state index in [1.54, 1.807) is 26.0 Å². The molecule has 3 aliphatic heterocycles. The van der Waals surface area contributed by atoms with Gasteiger partial charge in [0.15, 0.2) is 6.04 Å². The van der Waals surface area contributed by atoms with Crippen LogP contribution < -0.4 is 58.3 Å². The van der Waals surface area contributed by atoms with Crippen LogP contribution in [0.25, 0.3) is 10.9 Å². The third-order valence-electron chi connectivity index (χ3n) is 18.1. The number of carbonyl (C=O) groups is 12. The third kappa shape index (κ3) is 32.6. The monoisotopic (exact) mass is 1600 g/mol. The number of carboxylic acids is 1. The van der Waals surface area contributed by atoms with Crippen molar-refractivity contribution in [1.82, 2.24) is 57.7 Å². The number of aromatic amines is 1. The van der Waals surface area contributed by atoms with Crippen LogP contribution in [0.4, 0.5) is 0 Å². The van der Waals surface area contributed by atoms with E-state index in [1.807, 2.05) is 0 Å². The Bertz CT molecular complexity index is 3290. The minimum absolute atomic E-state index is 0.0867. The molecule has 110 heavy (non-hydrogen) atoms. The van der Waals surface area contributed by atoms with Gasteiger partial charge >= 0.3 is 5.97 Å². The van der Waals surface area contributed by atoms with Gasteiger partial charge in [-0.25, -0.2) is 0 Å². The molecule has 1 aromatic heterocycles. The summed E-state index contributed by atoms with van der Waals surface area (Å²) in [6, 6.07) is -6.80. The van der Waals surface area contributed by atoms with Gasteiger partial charge in [0.25, 0.3) is 0 Å². The Balaban J connectivity index is 1.15. The Kier molecular flexibility index (Phi) is 43.2. The lowest BCUT2D eigenvalue weighted by molar-refractivity contribution is -0.144. The molecule has 1 saturated heterocycles. The van der Waals surface area contributed by atoms with Crippen molar-refractivity contribution in [3.05, 3.63) is 23.3 Å². The van der Waals surface area contributed by atoms with Gasteiger partial charge < -0.3 is 131 Å². The van der Waals surface area contributed by atoms with Crippen LogP contribution in [0.3, 0.4) is 0 Å². The van der Waals surface area contributed by atoms with E-state index in [2.05, 4.69) is 52.8 Å². The first-order valence-electron chi connectivity index (χ1n) is 36.9. The number of primary amides is 1. The van der Waals surface area contributed by atoms with Crippen LogP contribution >= 0.6 is 11.8 Å². The zero-order valence-corrected chi connectivity index (χ0v) is 64.8. The Hall–Kier alpha value is -7.58. The third-order valence-corrected chi connectivity index (χ3v) is 20.6. The van der Waals surface area contributed by atoms with Gasteiger partial charge in [-0.15, -0.1) is 0 Å². The number of ether oxygens (including phenoxy) is 9. The van der Waals surface area contributed by atoms with Crippen molar-refractivity contribution >= 4 is 105 Å². The number of hydrogen-bond donors (Lipinski definition) is 15. The summed E-state index contributed by atoms with van der Waals surface area (Å²) in [6.45, 7) is 9.77. The lowest BCUT2D eigenvalue weighted by Crippen LogP contribution is -2.61. The number of fused-ring (bicyclic) bond motifs is 5. The number of nitrogens with zero attached hydrogens (tertiary/aromatic N) is 1. The topological polar surface area (TPSA) is 545 Å². The molecule has 620 valence electrons. The standard InChI is InChI=1S/C70H112N12O26S2/c1-6-42(2)60-66(94)75-37-59(90)76-51-41-110(99)68-47(35-49(63(91)74-14-11-57(88)79-60)77-67(95)61(44(4)53(85)39-83)80-65(93)52-34-45(84)38-82(52)69(96)50(36-55(71)86)78-64(51)92)46-9-10-54(100-5)48(62(46)81-68)40-109-32-8-7-13-72-56(87)12-16-101-18-20-103-22-24-105-26-28-107-30-31-108-29-27-106-25-23-104-21-19-102-17-15-73-58(89)33-43(3)70(97)98/h9-10,42-45,49-53,60-61,81,83-85H,6-8,11-41H2,1-5H3,(H2,71,86)(H,72,87)(H,73,89)(H,74,91)(H,75,94)(H,76,90)(H,77,95)(H,78,92)(H,79,88)(H,80,93)(H,97,98)/t42-,43?,44-,45+,49-,50-,51-,52-,53-,60-,61-,110?/m0/s1. The number of aliphatic hydroxyl groups excluding tert-OH is 3. The molecule has 12 atom stereocenters. The molecule has 11 amide bonds. The lowest BCUT2D eigenvalue weighted by Gasteiger charge is -2.32. The number of methoxy groups -OCH3 is 1. The van der Waals surface area contributed by atoms with Gasteiger partial charge in [-0.1, -0.05) is 34.1 Å². The maximum atomic E-state index is 15.4. The van der Waals surface area contributed by atoms with E-state index in [9.17, 15) is 72.9 Å². The fraction of sp³-hybridized carbons (Fsp3) is 0.714. The van der Waals surface area contributed by atoms with E-state index < -0.39 is 188 Å². The highest BCUT2D eigenvalue weighted by Gasteiger charge is 2.46. The normalized spacial score (nSPS) is 21.8. The number of amides is 11. The van der Waals surface area contributed by atoms with Crippen molar-refractivity contribution in [3.63, 3.8) is 0 Å². The van der Waals surface area contributed by atoms with E-state index in [-0.39, 0.29) is 73.9 Å². The van der Waals surface area contributed by atoms with Crippen molar-refractivity contribution in [2.24, 2.45) is 23.5 Å². The van der Waals surface area contributed by atoms with Gasteiger partial charge in [0.1, 0.15) is 41.7 Å². The van der Waals surface area contributed by atoms with E-state index in [0.29, 0.717) is 140 Å². The minimum Gasteiger partial charge on any atom is -0.610 e. The molecular formula is C70H112N12O26S2. The predicted octanol–water partition coefficient (Wildman–Crippen LogP) is -4.35. The summed E-state index contributed by atoms with van der Waals surface area (Å²) in [6.07, 6.45) is -3.61. The molecule has 4 heterocycles. The number of H-pyrrole nitrogens is 1. The Labute approximate surface area is 645 Å². The van der Waals surface area contributed by atoms with Crippen LogP contribution in [-0.2, 0) is 119 Å². The highest BCUT2D eigenvalue weighted by molar-refractivity contribution is 7.98. The Morgan fingerprint density at radius 1 is 0.700 bits per heavy atom. The van der Waals surface area contributed by atoms with Crippen LogP contribution in [0, 0.1) is 17.8 Å². The van der Waals surface area contributed by atoms with Crippen molar-refractivity contribution < 1.29 is 125 Å². The maximum Gasteiger partial charge on any atom is 0.306 e. The lowest BCUT2D eigenvalue weighted by atomic mass is 9.93. The Morgan fingerprint density at radius 3 is 1.88 bits per heavy atom. The summed E-state index contributed by atoms with van der Waals surface area (Å²) in [4.78, 5) is 167. The van der Waals surface area contributed by atoms with Gasteiger partial charge in [-0.3, -0.25) is 57.5 Å². The van der Waals surface area contributed by atoms with Crippen molar-refractivity contribution in [2.75, 3.05) is 164 Å². The van der Waals surface area contributed by atoms with E-state index in [4.69, 9.17) is 53.5 Å². The number of aliphatic hydroxyl groups is 3. The first kappa shape index (κ1) is 93.0. The highest BCUT2D eigenvalue weighted by Crippen LogP contribution is 2.37. The average molecular weight is 1600 g/mol. The van der Waals surface area contributed by atoms with E-state index >= 15 is 4.55 Å². The van der Waals surface area contributed by atoms with Crippen LogP contribution in [0.1, 0.15) is 90.2 Å². The molecule has 1 aromatic carbocycles. The van der Waals surface area contributed by atoms with Crippen LogP contribution in [0.2, 0.25) is 0 Å². The number of nitrogens with two attached hydrogens (primary N) is 1. The Morgan fingerprint density at radius 2 is 1.30 bits per heavy atom. The molecule has 16 N–H and O–H groups in total. The minimum atomic E-state index is -2.45. The molecule has 40 heteroatoms. The van der Waals surface area contributed by atoms with Gasteiger partial charge in [0, 0.05) is 97.6 Å². The summed E-state index contributed by atoms with van der Waals surface area (Å²) in [5, 5.41) is 64.5. The largest absolute Gasteiger partial charge is 0.610 e. The van der Waals surface area contributed by atoms with Crippen LogP contribution in [-0.4, -0.2) is 318 Å². The molecule has 1 fully saturated rings. The number of unbranched alkanes of at least 4 members (excludes halogenated alkanes) is 1. The number of hydrogen-bond acceptors (Lipinski definition) is 26. The fourth-order valence-electron chi connectivity index (χ4n) is 11.6. The SMILES string of the molecule is CC[C@H](C)[C@@H]1NC(=O)CCNC(=O)[C@@H]2Cc3c([nH]c4c(CSCCCCNC(=O)CCOCCOCCOCCOCCOCCOCCOCCOCCNC(=O)CC(C)C(=O)O)c(OC)ccc34)[S+]([O-])C[C@H](NC(=O)CNC1=O)C(=O)N[C@@H](CC(N)=O)C(=O)N1C[C@H](O)C[C@H]1C(=O)N[C@@H]([C@@H](C)[C@@H](O)CO)C(=O)N2. The molecule has 0 saturated carbocycles. The highest BCUT2D eigenvalue weighted by atomic mass is 32.2. The predicted molar refractivity (Wildman–Crippen MR) is 396 cm³/mol. The van der Waals surface area contributed by atoms with E-state index in [0.717, 1.165) is 4.90 Å². The van der Waals surface area contributed by atoms with Gasteiger partial charge in [0.2, 0.25) is 70.0 Å². The number of rotatable bonds is 45. The first-order chi connectivity index (χ1) is 52.8. The molecule has 3 aliphatic rings. The van der Waals surface area contributed by atoms with Gasteiger partial charge in [0.05, 0.1) is 156 Å². The number of carboxylic acid groups (broad SMARTS) is 1. The molecular weight excluding hydrogens is 1490 g/mol. The number of thioether (sulfide) groups is 1. The van der Waals surface area contributed by atoms with Crippen LogP contribution in [0.5, 0.6) is 5.75 Å². The second-order valence-corrected chi connectivity index (χ2v) is 29.0. The zero-order valence-electron chi connectivity index (χ0n) is 63.2. The maximum absolute atomic E-state index is 15.4. The second-order valence-electron chi connectivity index (χ2n) is 26.5. The summed E-state index contributed by atoms with van der Waals surface area (Å²) in [7, 11) is 1.44. The number of nitrogens with one attached hydrogen (secondary N) is 10. The van der Waals surface area contributed by atoms with E-state index in [1.165, 1.54) is 32.7 Å². The molecule has 0 spiro atoms. The summed E-state index contributed by atoms with van der Waals surface area (Å²) >= 11 is -0.956. The molecule has 38 nitrogen and oxygen atoms in total. The molecule has 2 unspecified atom stereocenters. The molecule has 2 bridgehead atoms. The number of aromatic nitrogens is 1. The zero-order chi connectivity index (χ0) is 80.5. The smallest absolute Gasteiger partial charge is 0.306 e. The summed E-state index contributed by atoms with van der Waals surface area (Å²) in [5.74, 6) is -12.7. The second kappa shape index (κ2) is 51.1. The number of benzene rings is 1. The summed E-state index contributed by atoms with van der Waals surface area (Å²) in [5.41, 5.74) is 6.64. The quantitative estimate of drug-likeness (QED) is 0.0220. The van der Waals surface area contributed by atoms with Crippen molar-refractivity contribution in [2.45, 2.75) is 145 Å². The molecule has 5 rings (SSSR count). The number of aliphatic carboxylic acids is 1. The first-order valence-corrected chi connectivity index (χ1v) is 39.4. The van der Waals surface area contributed by atoms with Gasteiger partial charge in [-0.05, 0) is 36.6 Å². The van der Waals surface area contributed by atoms with Crippen molar-refractivity contribution in [1.29, 1.82) is 0 Å². The number of carbonyl (C=O) groups excluding carboxylic acids is 11. The molecule has 0 radical (unpaired) electrons. The van der Waals surface area contributed by atoms with Gasteiger partial charge in [-0.2, -0.15) is 11.8 Å². The molecule has 2 aromatic rings. The average Bonchev–Trinajstić information content (AvgIpc) is 1.61. The van der Waals surface area contributed by atoms with Crippen LogP contribution in [0.15, 0.2) is 17.2 Å². The summed E-state index contributed by atoms with van der Waals surface area (Å²) < 4.78 is 65.2. The molecule has 0 aliphatic carbocycles. The fourth-order valence-corrected chi connectivity index (χ4v) is 14.1. The van der Waals surface area contributed by atoms with Crippen molar-refractivity contribution in [3.8, 4) is 5.75 Å².